The van der Waals surface area contributed by atoms with E-state index in [4.69, 9.17) is 16.3 Å². The summed E-state index contributed by atoms with van der Waals surface area (Å²) in [6.45, 7) is 1.77. The van der Waals surface area contributed by atoms with E-state index in [1.165, 1.54) is 23.5 Å². The van der Waals surface area contributed by atoms with Crippen molar-refractivity contribution in [1.29, 1.82) is 0 Å². The first-order valence-corrected chi connectivity index (χ1v) is 10.6. The van der Waals surface area contributed by atoms with Gasteiger partial charge in [0.2, 0.25) is 0 Å². The summed E-state index contributed by atoms with van der Waals surface area (Å²) < 4.78 is 44.5. The van der Waals surface area contributed by atoms with Crippen molar-refractivity contribution in [2.45, 2.75) is 19.7 Å². The molecular weight excluding hydrogens is 479 g/mol. The van der Waals surface area contributed by atoms with Crippen LogP contribution < -0.4 is 4.90 Å². The first-order valence-electron chi connectivity index (χ1n) is 9.40. The van der Waals surface area contributed by atoms with Gasteiger partial charge in [-0.1, -0.05) is 29.0 Å². The molecule has 0 aliphatic rings. The van der Waals surface area contributed by atoms with E-state index in [-0.39, 0.29) is 22.9 Å². The van der Waals surface area contributed by atoms with Crippen LogP contribution in [0.3, 0.4) is 0 Å². The summed E-state index contributed by atoms with van der Waals surface area (Å²) in [7, 11) is 1.73. The van der Waals surface area contributed by atoms with Crippen LogP contribution in [0.2, 0.25) is 5.02 Å². The predicted octanol–water partition coefficient (Wildman–Crippen LogP) is 5.73. The van der Waals surface area contributed by atoms with E-state index in [9.17, 15) is 22.8 Å². The summed E-state index contributed by atoms with van der Waals surface area (Å²) >= 11 is 7.26. The Morgan fingerprint density at radius 2 is 2.00 bits per heavy atom. The number of halogens is 4. The monoisotopic (exact) mass is 495 g/mol. The highest BCUT2D eigenvalue weighted by atomic mass is 35.5. The molecule has 3 rings (SSSR count). The molecule has 0 saturated heterocycles. The van der Waals surface area contributed by atoms with Gasteiger partial charge in [0.1, 0.15) is 24.3 Å². The van der Waals surface area contributed by atoms with Crippen LogP contribution >= 0.6 is 22.9 Å². The predicted molar refractivity (Wildman–Crippen MR) is 120 cm³/mol. The van der Waals surface area contributed by atoms with E-state index in [2.05, 4.69) is 9.97 Å². The minimum Gasteiger partial charge on any atom is -0.489 e. The Bertz CT molecular complexity index is 1250. The lowest BCUT2D eigenvalue weighted by Crippen LogP contribution is -2.08. The van der Waals surface area contributed by atoms with Crippen LogP contribution in [0, 0.1) is 6.92 Å². The number of hydrogen-bond acceptors (Lipinski definition) is 7. The molecule has 2 heterocycles. The summed E-state index contributed by atoms with van der Waals surface area (Å²) in [5.74, 6) is 0.248. The Labute approximate surface area is 196 Å². The minimum atomic E-state index is -4.60. The van der Waals surface area contributed by atoms with Crippen molar-refractivity contribution in [1.82, 2.24) is 9.97 Å². The third-order valence-corrected chi connectivity index (χ3v) is 5.93. The molecule has 0 unspecified atom stereocenters. The standard InChI is InChI=1S/C22H17ClF3N3O3S/c1-13-19(11-31)33-21(27-13)29(2)7-5-15(6-8-30)32-12-14-3-4-18-16(9-14)17(23)10-20(28-18)22(24,25)26/h3-11H,12H2,1-2H3/b7-5?,15-6+. The van der Waals surface area contributed by atoms with Crippen LogP contribution in [-0.4, -0.2) is 29.6 Å². The highest BCUT2D eigenvalue weighted by molar-refractivity contribution is 7.17. The maximum Gasteiger partial charge on any atom is 0.433 e. The molecule has 172 valence electrons. The fraction of sp³-hybridized carbons (Fsp3) is 0.182. The second-order valence-electron chi connectivity index (χ2n) is 6.82. The number of nitrogens with zero attached hydrogens (tertiary/aromatic N) is 3. The number of fused-ring (bicyclic) bond motifs is 1. The third kappa shape index (κ3) is 5.96. The van der Waals surface area contributed by atoms with Gasteiger partial charge in [0, 0.05) is 24.7 Å². The van der Waals surface area contributed by atoms with Crippen LogP contribution in [0.15, 0.2) is 48.4 Å². The lowest BCUT2D eigenvalue weighted by molar-refractivity contribution is -0.140. The Morgan fingerprint density at radius 1 is 1.24 bits per heavy atom. The van der Waals surface area contributed by atoms with E-state index in [1.54, 1.807) is 43.3 Å². The lowest BCUT2D eigenvalue weighted by atomic mass is 10.1. The van der Waals surface area contributed by atoms with Crippen molar-refractivity contribution in [3.8, 4) is 0 Å². The number of anilines is 1. The summed E-state index contributed by atoms with van der Waals surface area (Å²) in [4.78, 5) is 32.1. The summed E-state index contributed by atoms with van der Waals surface area (Å²) in [6.07, 6.45) is 1.11. The van der Waals surface area contributed by atoms with Crippen molar-refractivity contribution in [3.05, 3.63) is 75.2 Å². The number of benzene rings is 1. The molecule has 0 radical (unpaired) electrons. The lowest BCUT2D eigenvalue weighted by Gasteiger charge is -2.12. The Hall–Kier alpha value is -3.24. The third-order valence-electron chi connectivity index (χ3n) is 4.44. The number of carbonyl (C=O) groups is 2. The highest BCUT2D eigenvalue weighted by Gasteiger charge is 2.33. The molecule has 0 bridgehead atoms. The fourth-order valence-corrected chi connectivity index (χ4v) is 3.84. The molecule has 2 aromatic heterocycles. The number of hydrogen-bond donors (Lipinski definition) is 0. The molecule has 33 heavy (non-hydrogen) atoms. The molecule has 0 fully saturated rings. The fourth-order valence-electron chi connectivity index (χ4n) is 2.76. The number of alkyl halides is 3. The van der Waals surface area contributed by atoms with Crippen molar-refractivity contribution >= 4 is 51.5 Å². The van der Waals surface area contributed by atoms with Crippen molar-refractivity contribution < 1.29 is 27.5 Å². The largest absolute Gasteiger partial charge is 0.489 e. The quantitative estimate of drug-likeness (QED) is 0.172. The van der Waals surface area contributed by atoms with Crippen LogP contribution in [0.25, 0.3) is 10.9 Å². The molecule has 0 N–H and O–H groups in total. The summed E-state index contributed by atoms with van der Waals surface area (Å²) in [5, 5.41) is 0.867. The zero-order valence-corrected chi connectivity index (χ0v) is 19.0. The number of allylic oxidation sites excluding steroid dienone is 2. The zero-order chi connectivity index (χ0) is 24.2. The Kier molecular flexibility index (Phi) is 7.50. The number of aromatic nitrogens is 2. The molecule has 0 spiro atoms. The maximum absolute atomic E-state index is 12.9. The van der Waals surface area contributed by atoms with Crippen molar-refractivity contribution in [2.24, 2.45) is 0 Å². The summed E-state index contributed by atoms with van der Waals surface area (Å²) in [6, 6.07) is 5.36. The zero-order valence-electron chi connectivity index (χ0n) is 17.4. The number of ether oxygens (including phenoxy) is 1. The second kappa shape index (κ2) is 10.1. The maximum atomic E-state index is 12.9. The van der Waals surface area contributed by atoms with Crippen LogP contribution in [0.4, 0.5) is 18.3 Å². The average molecular weight is 496 g/mol. The topological polar surface area (TPSA) is 72.4 Å². The van der Waals surface area contributed by atoms with Gasteiger partial charge in [0.05, 0.1) is 21.1 Å². The van der Waals surface area contributed by atoms with Gasteiger partial charge in [-0.15, -0.1) is 0 Å². The average Bonchev–Trinajstić information content (AvgIpc) is 3.15. The van der Waals surface area contributed by atoms with Crippen LogP contribution in [0.5, 0.6) is 0 Å². The molecule has 0 aliphatic heterocycles. The number of pyridine rings is 1. The SMILES string of the molecule is Cc1nc(N(C)C=C/C(=C\C=O)OCc2ccc3nc(C(F)(F)F)cc(Cl)c3c2)sc1C=O. The van der Waals surface area contributed by atoms with Crippen LogP contribution in [-0.2, 0) is 22.3 Å². The van der Waals surface area contributed by atoms with Gasteiger partial charge in [0.15, 0.2) is 11.4 Å². The van der Waals surface area contributed by atoms with E-state index in [1.807, 2.05) is 0 Å². The highest BCUT2D eigenvalue weighted by Crippen LogP contribution is 2.33. The first-order chi connectivity index (χ1) is 15.6. The molecule has 0 aliphatic carbocycles. The summed E-state index contributed by atoms with van der Waals surface area (Å²) in [5.41, 5.74) is 0.287. The van der Waals surface area contributed by atoms with Gasteiger partial charge in [0.25, 0.3) is 0 Å². The number of thiazole rings is 1. The van der Waals surface area contributed by atoms with E-state index in [0.717, 1.165) is 12.4 Å². The van der Waals surface area contributed by atoms with Gasteiger partial charge in [-0.05, 0) is 36.8 Å². The molecule has 1 aromatic carbocycles. The van der Waals surface area contributed by atoms with Gasteiger partial charge < -0.3 is 9.64 Å². The van der Waals surface area contributed by atoms with E-state index in [0.29, 0.717) is 32.9 Å². The molecular formula is C22H17ClF3N3O3S. The normalized spacial score (nSPS) is 12.4. The number of carbonyl (C=O) groups excluding carboxylic acids is 2. The van der Waals surface area contributed by atoms with Gasteiger partial charge >= 0.3 is 6.18 Å². The molecule has 0 atom stereocenters. The van der Waals surface area contributed by atoms with Gasteiger partial charge in [-0.2, -0.15) is 13.2 Å². The van der Waals surface area contributed by atoms with Gasteiger partial charge in [-0.3, -0.25) is 9.59 Å². The van der Waals surface area contributed by atoms with Crippen LogP contribution in [0.1, 0.15) is 26.6 Å². The van der Waals surface area contributed by atoms with E-state index >= 15 is 0 Å². The van der Waals surface area contributed by atoms with Gasteiger partial charge in [-0.25, -0.2) is 9.97 Å². The smallest absolute Gasteiger partial charge is 0.433 e. The number of aryl methyl sites for hydroxylation is 1. The molecule has 6 nitrogen and oxygen atoms in total. The molecule has 0 amide bonds. The number of rotatable bonds is 8. The minimum absolute atomic E-state index is 0.0344. The first kappa shape index (κ1) is 24.4. The van der Waals surface area contributed by atoms with Crippen molar-refractivity contribution in [2.75, 3.05) is 11.9 Å². The van der Waals surface area contributed by atoms with Crippen molar-refractivity contribution in [3.63, 3.8) is 0 Å². The molecule has 3 aromatic rings. The number of aldehydes is 2. The Morgan fingerprint density at radius 3 is 2.64 bits per heavy atom. The molecule has 11 heteroatoms. The Balaban J connectivity index is 1.74. The molecule has 0 saturated carbocycles. The van der Waals surface area contributed by atoms with E-state index < -0.39 is 11.9 Å². The second-order valence-corrected chi connectivity index (χ2v) is 8.24.